The highest BCUT2D eigenvalue weighted by molar-refractivity contribution is 7.13. The van der Waals surface area contributed by atoms with E-state index in [-0.39, 0.29) is 0 Å². The van der Waals surface area contributed by atoms with Crippen molar-refractivity contribution >= 4 is 61.7 Å². The number of hydrogen-bond donors (Lipinski definition) is 0. The Hall–Kier alpha value is 0.478. The molecule has 4 aliphatic rings. The van der Waals surface area contributed by atoms with Crippen LogP contribution >= 0.6 is 0 Å². The van der Waals surface area contributed by atoms with Crippen LogP contribution in [0.2, 0.25) is 129 Å². The van der Waals surface area contributed by atoms with Gasteiger partial charge in [-0.3, -0.25) is 0 Å². The van der Waals surface area contributed by atoms with E-state index < -0.39 is 56.5 Å². The van der Waals surface area contributed by atoms with Crippen LogP contribution in [-0.2, 0) is 0 Å². The summed E-state index contributed by atoms with van der Waals surface area (Å²) in [5.41, 5.74) is 10.8. The minimum absolute atomic E-state index is 0.823. The lowest BCUT2D eigenvalue weighted by molar-refractivity contribution is 1.07. The van der Waals surface area contributed by atoms with E-state index in [0.29, 0.717) is 0 Å². The fraction of sp³-hybridized carbons (Fsp3) is 0.750. The van der Waals surface area contributed by atoms with Gasteiger partial charge in [0.2, 0.25) is 0 Å². The van der Waals surface area contributed by atoms with Crippen molar-refractivity contribution < 1.29 is 0 Å². The van der Waals surface area contributed by atoms with Crippen molar-refractivity contribution in [3.05, 3.63) is 40.6 Å². The molecule has 0 amide bonds. The molecule has 0 spiro atoms. The van der Waals surface area contributed by atoms with Gasteiger partial charge >= 0.3 is 0 Å². The summed E-state index contributed by atoms with van der Waals surface area (Å²) in [6, 6.07) is 5.90. The Morgan fingerprint density at radius 2 is 0.795 bits per heavy atom. The van der Waals surface area contributed by atoms with Gasteiger partial charge < -0.3 is 0 Å². The molecule has 2 unspecified atom stereocenters. The van der Waals surface area contributed by atoms with Crippen LogP contribution in [0.15, 0.2) is 23.9 Å². The van der Waals surface area contributed by atoms with Gasteiger partial charge in [0, 0.05) is 48.4 Å². The molecule has 1 aromatic carbocycles. The first kappa shape index (κ1) is 32.4. The lowest BCUT2D eigenvalue weighted by Crippen LogP contribution is -2.56. The Kier molecular flexibility index (Phi) is 7.68. The normalized spacial score (nSPS) is 27.2. The molecule has 2 bridgehead atoms. The van der Waals surface area contributed by atoms with E-state index in [1.807, 2.05) is 16.7 Å². The first-order valence-corrected chi connectivity index (χ1v) is 39.7. The average molecular weight is 645 g/mol. The largest absolute Gasteiger partial charge is 0.117 e. The molecule has 5 rings (SSSR count). The molecule has 1 aromatic rings. The topological polar surface area (TPSA) is 0 Å². The summed E-state index contributed by atoms with van der Waals surface area (Å²) in [5.74, 6) is 0.975. The van der Waals surface area contributed by atoms with Gasteiger partial charge in [0.1, 0.15) is 8.07 Å². The summed E-state index contributed by atoms with van der Waals surface area (Å²) in [6.07, 6.45) is 2.70. The summed E-state index contributed by atoms with van der Waals surface area (Å²) in [4.78, 5) is 0. The van der Waals surface area contributed by atoms with E-state index in [1.165, 1.54) is 0 Å². The van der Waals surface area contributed by atoms with E-state index in [2.05, 4.69) is 147 Å². The monoisotopic (exact) mass is 644 g/mol. The van der Waals surface area contributed by atoms with Crippen molar-refractivity contribution in [2.75, 3.05) is 0 Å². The second-order valence-corrected chi connectivity index (χ2v) is 58.1. The summed E-state index contributed by atoms with van der Waals surface area (Å²) >= 11 is 0. The molecule has 1 aliphatic carbocycles. The standard InChI is InChI=1S/C32H64Si7/c1-33(2,3)30(34(4,5)6)23-21-25(31(35(7,8)9)36(10,11)12)27(39-20-19-24-28(39)29(24)39)26(22-23)32(37(13,14)15)38(16,17)18/h19-22,24,28-32H,1-18H3. The van der Waals surface area contributed by atoms with Gasteiger partial charge in [0.15, 0.2) is 0 Å². The first-order valence-electron chi connectivity index (χ1n) is 16.0. The van der Waals surface area contributed by atoms with Crippen LogP contribution in [0, 0.1) is 5.92 Å². The molecular weight excluding hydrogens is 581 g/mol. The Bertz CT molecular complexity index is 1050. The van der Waals surface area contributed by atoms with E-state index in [9.17, 15) is 0 Å². The molecular formula is C32H64Si7. The Morgan fingerprint density at radius 3 is 1.03 bits per heavy atom. The molecule has 0 N–H and O–H groups in total. The van der Waals surface area contributed by atoms with Crippen LogP contribution in [0.25, 0.3) is 0 Å². The lowest BCUT2D eigenvalue weighted by Gasteiger charge is -2.47. The Labute approximate surface area is 251 Å². The minimum atomic E-state index is -1.48. The lowest BCUT2D eigenvalue weighted by atomic mass is 10.1. The molecule has 0 aromatic heterocycles. The maximum atomic E-state index is 2.95. The van der Waals surface area contributed by atoms with Crippen molar-refractivity contribution in [3.8, 4) is 0 Å². The van der Waals surface area contributed by atoms with E-state index >= 15 is 0 Å². The van der Waals surface area contributed by atoms with Crippen molar-refractivity contribution in [3.63, 3.8) is 0 Å². The maximum Gasteiger partial charge on any atom is 0.117 e. The quantitative estimate of drug-likeness (QED) is 0.222. The van der Waals surface area contributed by atoms with E-state index in [4.69, 9.17) is 0 Å². The molecule has 1 saturated carbocycles. The third-order valence-electron chi connectivity index (χ3n) is 10.5. The average Bonchev–Trinajstić information content (AvgIpc) is 3.38. The molecule has 220 valence electrons. The van der Waals surface area contributed by atoms with Crippen LogP contribution in [0.3, 0.4) is 0 Å². The molecule has 0 nitrogen and oxygen atoms in total. The number of hydrogen-bond acceptors (Lipinski definition) is 0. The van der Waals surface area contributed by atoms with Crippen LogP contribution in [0.5, 0.6) is 0 Å². The summed E-state index contributed by atoms with van der Waals surface area (Å²) in [6.45, 7) is 48.7. The summed E-state index contributed by atoms with van der Waals surface area (Å²) < 4.78 is 0. The zero-order valence-electron chi connectivity index (χ0n) is 29.3. The maximum absolute atomic E-state index is 2.95. The zero-order chi connectivity index (χ0) is 30.1. The molecule has 2 fully saturated rings. The highest BCUT2D eigenvalue weighted by Gasteiger charge is 2.87. The van der Waals surface area contributed by atoms with Crippen LogP contribution in [-0.4, -0.2) is 56.5 Å². The summed E-state index contributed by atoms with van der Waals surface area (Å²) in [7, 11) is -10.1. The van der Waals surface area contributed by atoms with Gasteiger partial charge in [-0.15, -0.1) is 0 Å². The van der Waals surface area contributed by atoms with Gasteiger partial charge in [-0.05, 0) is 43.2 Å². The molecule has 3 aliphatic heterocycles. The predicted octanol–water partition coefficient (Wildman–Crippen LogP) is 10.4. The van der Waals surface area contributed by atoms with Crippen LogP contribution in [0.4, 0.5) is 0 Å². The predicted molar refractivity (Wildman–Crippen MR) is 200 cm³/mol. The Morgan fingerprint density at radius 1 is 0.487 bits per heavy atom. The van der Waals surface area contributed by atoms with Gasteiger partial charge in [-0.1, -0.05) is 153 Å². The van der Waals surface area contributed by atoms with Gasteiger partial charge in [-0.25, -0.2) is 0 Å². The third kappa shape index (κ3) is 5.50. The SMILES string of the molecule is C[Si](C)(C)C(c1cc(C([Si](C)(C)C)[Si](C)(C)C)c([Si]23C=CC4C2C43)c(C([Si](C)(C)C)[Si](C)(C)C)c1)[Si](C)(C)C. The van der Waals surface area contributed by atoms with Crippen molar-refractivity contribution in [2.45, 2.75) is 144 Å². The third-order valence-corrected chi connectivity index (χ3v) is 43.9. The molecule has 2 atom stereocenters. The summed E-state index contributed by atoms with van der Waals surface area (Å²) in [5, 5.41) is 4.58. The smallest absolute Gasteiger partial charge is 0.0931 e. The van der Waals surface area contributed by atoms with E-state index in [1.54, 1.807) is 0 Å². The molecule has 3 heterocycles. The fourth-order valence-electron chi connectivity index (χ4n) is 11.1. The van der Waals surface area contributed by atoms with E-state index in [0.717, 1.165) is 32.5 Å². The molecule has 39 heavy (non-hydrogen) atoms. The number of rotatable bonds is 10. The number of benzene rings is 1. The molecule has 0 radical (unpaired) electrons. The van der Waals surface area contributed by atoms with Crippen LogP contribution < -0.4 is 5.19 Å². The highest BCUT2D eigenvalue weighted by Crippen LogP contribution is 2.89. The highest BCUT2D eigenvalue weighted by atomic mass is 28.4. The van der Waals surface area contributed by atoms with Crippen LogP contribution in [0.1, 0.15) is 32.2 Å². The minimum Gasteiger partial charge on any atom is -0.0931 e. The molecule has 1 saturated heterocycles. The second kappa shape index (κ2) is 9.24. The second-order valence-electron chi connectivity index (χ2n) is 20.5. The van der Waals surface area contributed by atoms with Gasteiger partial charge in [-0.2, -0.15) is 0 Å². The van der Waals surface area contributed by atoms with Crippen molar-refractivity contribution in [1.29, 1.82) is 0 Å². The number of allylic oxidation sites excluding steroid dienone is 1. The van der Waals surface area contributed by atoms with Gasteiger partial charge in [0.05, 0.1) is 0 Å². The molecule has 7 heteroatoms. The van der Waals surface area contributed by atoms with Crippen molar-refractivity contribution in [2.24, 2.45) is 5.92 Å². The Balaban J connectivity index is 2.19. The van der Waals surface area contributed by atoms with Gasteiger partial charge in [0.25, 0.3) is 0 Å². The fourth-order valence-corrected chi connectivity index (χ4v) is 56.3. The zero-order valence-corrected chi connectivity index (χ0v) is 36.3. The van der Waals surface area contributed by atoms with Crippen molar-refractivity contribution in [1.82, 2.24) is 0 Å². The first-order chi connectivity index (χ1) is 17.2.